The van der Waals surface area contributed by atoms with Gasteiger partial charge in [-0.15, -0.1) is 12.4 Å². The molecule has 0 aliphatic carbocycles. The lowest BCUT2D eigenvalue weighted by Crippen LogP contribution is -2.11. The summed E-state index contributed by atoms with van der Waals surface area (Å²) in [5, 5.41) is 10.5. The number of rotatable bonds is 4. The molecule has 0 unspecified atom stereocenters. The number of hydrogen-bond acceptors (Lipinski definition) is 4. The maximum Gasteiger partial charge on any atom is 0.273 e. The molecule has 0 amide bonds. The molecule has 0 atom stereocenters. The molecule has 84 valence electrons. The third kappa shape index (κ3) is 3.73. The van der Waals surface area contributed by atoms with E-state index in [0.717, 1.165) is 5.56 Å². The van der Waals surface area contributed by atoms with Gasteiger partial charge in [-0.25, -0.2) is 0 Å². The molecule has 0 saturated carbocycles. The predicted molar refractivity (Wildman–Crippen MR) is 59.6 cm³/mol. The number of non-ortho nitro benzene ring substituents is 1. The van der Waals surface area contributed by atoms with E-state index in [2.05, 4.69) is 0 Å². The minimum Gasteiger partial charge on any atom is -0.492 e. The molecule has 1 aromatic carbocycles. The molecular formula is C9H13ClN2O3. The molecule has 5 nitrogen and oxygen atoms in total. The van der Waals surface area contributed by atoms with Gasteiger partial charge in [0.05, 0.1) is 11.0 Å². The summed E-state index contributed by atoms with van der Waals surface area (Å²) in [6.45, 7) is 2.58. The Bertz CT molecular complexity index is 344. The number of hydrogen-bond donors (Lipinski definition) is 1. The molecular weight excluding hydrogens is 220 g/mol. The van der Waals surface area contributed by atoms with Gasteiger partial charge in [0.15, 0.2) is 0 Å². The number of nitro groups is 1. The van der Waals surface area contributed by atoms with Crippen molar-refractivity contribution >= 4 is 18.1 Å². The van der Waals surface area contributed by atoms with Crippen LogP contribution in [0.3, 0.4) is 0 Å². The predicted octanol–water partition coefficient (Wildman–Crippen LogP) is 1.66. The second kappa shape index (κ2) is 6.21. The molecule has 1 aromatic rings. The monoisotopic (exact) mass is 232 g/mol. The van der Waals surface area contributed by atoms with Crippen molar-refractivity contribution < 1.29 is 9.66 Å². The van der Waals surface area contributed by atoms with Crippen LogP contribution >= 0.6 is 12.4 Å². The molecule has 6 heteroatoms. The molecule has 0 radical (unpaired) electrons. The molecule has 0 aromatic heterocycles. The summed E-state index contributed by atoms with van der Waals surface area (Å²) < 4.78 is 5.25. The maximum absolute atomic E-state index is 10.5. The minimum atomic E-state index is -0.450. The van der Waals surface area contributed by atoms with Crippen LogP contribution < -0.4 is 10.5 Å². The van der Waals surface area contributed by atoms with E-state index in [1.165, 1.54) is 12.1 Å². The molecule has 1 rings (SSSR count). The first-order chi connectivity index (χ1) is 6.65. The molecule has 0 saturated heterocycles. The van der Waals surface area contributed by atoms with Gasteiger partial charge < -0.3 is 10.5 Å². The van der Waals surface area contributed by atoms with Crippen LogP contribution in [0, 0.1) is 17.0 Å². The van der Waals surface area contributed by atoms with Crippen LogP contribution in [0.2, 0.25) is 0 Å². The van der Waals surface area contributed by atoms with Gasteiger partial charge in [-0.05, 0) is 18.6 Å². The number of nitro benzene ring substituents is 1. The zero-order chi connectivity index (χ0) is 10.6. The Morgan fingerprint density at radius 3 is 2.73 bits per heavy atom. The first-order valence-electron chi connectivity index (χ1n) is 4.23. The van der Waals surface area contributed by atoms with E-state index in [1.54, 1.807) is 6.07 Å². The van der Waals surface area contributed by atoms with Crippen molar-refractivity contribution in [3.8, 4) is 5.75 Å². The average Bonchev–Trinajstić information content (AvgIpc) is 2.16. The highest BCUT2D eigenvalue weighted by molar-refractivity contribution is 5.85. The van der Waals surface area contributed by atoms with Crippen molar-refractivity contribution in [2.75, 3.05) is 13.2 Å². The molecule has 0 fully saturated rings. The molecule has 0 aliphatic heterocycles. The van der Waals surface area contributed by atoms with E-state index in [0.29, 0.717) is 18.9 Å². The van der Waals surface area contributed by atoms with Gasteiger partial charge in [-0.3, -0.25) is 10.1 Å². The summed E-state index contributed by atoms with van der Waals surface area (Å²) in [5.74, 6) is 0.518. The normalized spacial score (nSPS) is 9.20. The SMILES string of the molecule is Cc1ccc([N+](=O)[O-])cc1OCCN.Cl. The highest BCUT2D eigenvalue weighted by atomic mass is 35.5. The van der Waals surface area contributed by atoms with Crippen LogP contribution in [0.25, 0.3) is 0 Å². The van der Waals surface area contributed by atoms with E-state index in [-0.39, 0.29) is 18.1 Å². The summed E-state index contributed by atoms with van der Waals surface area (Å²) in [6.07, 6.45) is 0. The van der Waals surface area contributed by atoms with Gasteiger partial charge >= 0.3 is 0 Å². The van der Waals surface area contributed by atoms with Crippen molar-refractivity contribution in [3.63, 3.8) is 0 Å². The average molecular weight is 233 g/mol. The van der Waals surface area contributed by atoms with E-state index in [9.17, 15) is 10.1 Å². The fourth-order valence-electron chi connectivity index (χ4n) is 1.03. The Labute approximate surface area is 93.8 Å². The topological polar surface area (TPSA) is 78.4 Å². The van der Waals surface area contributed by atoms with Crippen molar-refractivity contribution in [3.05, 3.63) is 33.9 Å². The molecule has 0 spiro atoms. The summed E-state index contributed by atoms with van der Waals surface area (Å²) in [7, 11) is 0. The first kappa shape index (κ1) is 13.7. The van der Waals surface area contributed by atoms with Crippen LogP contribution in [0.5, 0.6) is 5.75 Å². The van der Waals surface area contributed by atoms with Crippen molar-refractivity contribution in [1.82, 2.24) is 0 Å². The lowest BCUT2D eigenvalue weighted by atomic mass is 10.2. The summed E-state index contributed by atoms with van der Waals surface area (Å²) in [5.41, 5.74) is 6.16. The maximum atomic E-state index is 10.5. The number of nitrogens with zero attached hydrogens (tertiary/aromatic N) is 1. The highest BCUT2D eigenvalue weighted by Crippen LogP contribution is 2.23. The van der Waals surface area contributed by atoms with Gasteiger partial charge in [0.25, 0.3) is 5.69 Å². The van der Waals surface area contributed by atoms with Crippen molar-refractivity contribution in [2.24, 2.45) is 5.73 Å². The fraction of sp³-hybridized carbons (Fsp3) is 0.333. The smallest absolute Gasteiger partial charge is 0.273 e. The van der Waals surface area contributed by atoms with E-state index in [1.807, 2.05) is 6.92 Å². The third-order valence-electron chi connectivity index (χ3n) is 1.76. The Hall–Kier alpha value is -1.33. The number of nitrogens with two attached hydrogens (primary N) is 1. The number of ether oxygens (including phenoxy) is 1. The second-order valence-electron chi connectivity index (χ2n) is 2.84. The summed E-state index contributed by atoms with van der Waals surface area (Å²) >= 11 is 0. The Kier molecular flexibility index (Phi) is 5.66. The molecule has 0 aliphatic rings. The molecule has 15 heavy (non-hydrogen) atoms. The van der Waals surface area contributed by atoms with Gasteiger partial charge in [0.2, 0.25) is 0 Å². The zero-order valence-electron chi connectivity index (χ0n) is 8.30. The zero-order valence-corrected chi connectivity index (χ0v) is 9.12. The van der Waals surface area contributed by atoms with E-state index >= 15 is 0 Å². The first-order valence-corrected chi connectivity index (χ1v) is 4.23. The molecule has 0 heterocycles. The van der Waals surface area contributed by atoms with E-state index in [4.69, 9.17) is 10.5 Å². The largest absolute Gasteiger partial charge is 0.492 e. The Morgan fingerprint density at radius 1 is 1.53 bits per heavy atom. The Morgan fingerprint density at radius 2 is 2.20 bits per heavy atom. The quantitative estimate of drug-likeness (QED) is 0.633. The van der Waals surface area contributed by atoms with Crippen LogP contribution in [-0.4, -0.2) is 18.1 Å². The number of aryl methyl sites for hydroxylation is 1. The van der Waals surface area contributed by atoms with Crippen LogP contribution in [0.4, 0.5) is 5.69 Å². The van der Waals surface area contributed by atoms with Gasteiger partial charge in [-0.2, -0.15) is 0 Å². The van der Waals surface area contributed by atoms with Gasteiger partial charge in [0, 0.05) is 12.6 Å². The van der Waals surface area contributed by atoms with Crippen LogP contribution in [0.1, 0.15) is 5.56 Å². The highest BCUT2D eigenvalue weighted by Gasteiger charge is 2.08. The second-order valence-corrected chi connectivity index (χ2v) is 2.84. The van der Waals surface area contributed by atoms with Crippen molar-refractivity contribution in [2.45, 2.75) is 6.92 Å². The molecule has 0 bridgehead atoms. The lowest BCUT2D eigenvalue weighted by Gasteiger charge is -2.06. The van der Waals surface area contributed by atoms with Crippen LogP contribution in [-0.2, 0) is 0 Å². The third-order valence-corrected chi connectivity index (χ3v) is 1.76. The fourth-order valence-corrected chi connectivity index (χ4v) is 1.03. The molecule has 2 N–H and O–H groups in total. The standard InChI is InChI=1S/C9H12N2O3.ClH/c1-7-2-3-8(11(12)13)6-9(7)14-5-4-10;/h2-3,6H,4-5,10H2,1H3;1H. The minimum absolute atomic E-state index is 0. The van der Waals surface area contributed by atoms with E-state index < -0.39 is 4.92 Å². The lowest BCUT2D eigenvalue weighted by molar-refractivity contribution is -0.384. The Balaban J connectivity index is 0.00000196. The van der Waals surface area contributed by atoms with Gasteiger partial charge in [-0.1, -0.05) is 0 Å². The van der Waals surface area contributed by atoms with Gasteiger partial charge in [0.1, 0.15) is 12.4 Å². The number of benzene rings is 1. The van der Waals surface area contributed by atoms with Crippen molar-refractivity contribution in [1.29, 1.82) is 0 Å². The summed E-state index contributed by atoms with van der Waals surface area (Å²) in [4.78, 5) is 10.0. The summed E-state index contributed by atoms with van der Waals surface area (Å²) in [6, 6.07) is 4.51. The van der Waals surface area contributed by atoms with Crippen LogP contribution in [0.15, 0.2) is 18.2 Å². The number of halogens is 1.